The average molecular weight is 341 g/mol. The van der Waals surface area contributed by atoms with Gasteiger partial charge in [0.25, 0.3) is 11.8 Å². The van der Waals surface area contributed by atoms with Crippen LogP contribution in [0.3, 0.4) is 0 Å². The molecule has 2 aromatic heterocycles. The summed E-state index contributed by atoms with van der Waals surface area (Å²) in [5.74, 6) is -0.724. The van der Waals surface area contributed by atoms with Gasteiger partial charge in [-0.1, -0.05) is 17.3 Å². The third-order valence-electron chi connectivity index (χ3n) is 3.53. The molecule has 0 unspecified atom stereocenters. The molecule has 1 aromatic carbocycles. The molecule has 0 saturated carbocycles. The summed E-state index contributed by atoms with van der Waals surface area (Å²) >= 11 is 1.49. The molecule has 0 aliphatic rings. The van der Waals surface area contributed by atoms with Crippen LogP contribution >= 0.6 is 11.3 Å². The van der Waals surface area contributed by atoms with Gasteiger partial charge in [0.15, 0.2) is 5.69 Å². The minimum absolute atomic E-state index is 0.102. The highest BCUT2D eigenvalue weighted by Crippen LogP contribution is 2.16. The number of nitrogens with one attached hydrogen (secondary N) is 1. The summed E-state index contributed by atoms with van der Waals surface area (Å²) in [6, 6.07) is 9.10. The second-order valence-corrected chi connectivity index (χ2v) is 5.99. The lowest BCUT2D eigenvalue weighted by atomic mass is 10.1. The van der Waals surface area contributed by atoms with Crippen LogP contribution in [-0.2, 0) is 0 Å². The molecule has 0 radical (unpaired) electrons. The fourth-order valence-electron chi connectivity index (χ4n) is 2.18. The lowest BCUT2D eigenvalue weighted by Gasteiger charge is -2.14. The number of thiophene rings is 1. The van der Waals surface area contributed by atoms with Crippen molar-refractivity contribution < 1.29 is 9.59 Å². The number of hydrogen-bond acceptors (Lipinski definition) is 5. The maximum Gasteiger partial charge on any atom is 0.270 e. The van der Waals surface area contributed by atoms with E-state index in [1.165, 1.54) is 22.2 Å². The van der Waals surface area contributed by atoms with E-state index in [9.17, 15) is 9.59 Å². The Morgan fingerprint density at radius 1 is 1.25 bits per heavy atom. The van der Waals surface area contributed by atoms with Gasteiger partial charge >= 0.3 is 0 Å². The highest BCUT2D eigenvalue weighted by Gasteiger charge is 2.12. The molecule has 24 heavy (non-hydrogen) atoms. The molecule has 0 saturated heterocycles. The number of benzene rings is 1. The van der Waals surface area contributed by atoms with Crippen LogP contribution in [0.2, 0.25) is 0 Å². The van der Waals surface area contributed by atoms with Gasteiger partial charge in [0.05, 0.1) is 23.5 Å². The van der Waals surface area contributed by atoms with Crippen molar-refractivity contribution in [2.24, 2.45) is 5.73 Å². The molecule has 0 bridgehead atoms. The Hall–Kier alpha value is -3.00. The highest BCUT2D eigenvalue weighted by molar-refractivity contribution is 7.08. The summed E-state index contributed by atoms with van der Waals surface area (Å²) in [6.45, 7) is 1.92. The summed E-state index contributed by atoms with van der Waals surface area (Å²) in [4.78, 5) is 23.1. The molecule has 7 nitrogen and oxygen atoms in total. The summed E-state index contributed by atoms with van der Waals surface area (Å²) < 4.78 is 1.47. The predicted molar refractivity (Wildman–Crippen MR) is 90.1 cm³/mol. The van der Waals surface area contributed by atoms with E-state index in [0.29, 0.717) is 5.56 Å². The second kappa shape index (κ2) is 6.63. The quantitative estimate of drug-likeness (QED) is 0.740. The zero-order valence-electron chi connectivity index (χ0n) is 12.8. The minimum atomic E-state index is -0.623. The fraction of sp³-hybridized carbons (Fsp3) is 0.125. The zero-order valence-corrected chi connectivity index (χ0v) is 13.7. The Morgan fingerprint density at radius 3 is 2.58 bits per heavy atom. The van der Waals surface area contributed by atoms with Gasteiger partial charge in [0.1, 0.15) is 0 Å². The molecule has 3 aromatic rings. The normalized spacial score (nSPS) is 11.9. The Labute approximate surface area is 142 Å². The van der Waals surface area contributed by atoms with Gasteiger partial charge in [0, 0.05) is 5.38 Å². The first-order valence-electron chi connectivity index (χ1n) is 7.20. The number of primary amides is 1. The first kappa shape index (κ1) is 15.9. The molecule has 0 aliphatic heterocycles. The van der Waals surface area contributed by atoms with E-state index in [-0.39, 0.29) is 17.6 Å². The predicted octanol–water partition coefficient (Wildman–Crippen LogP) is 1.92. The van der Waals surface area contributed by atoms with Crippen molar-refractivity contribution in [3.8, 4) is 5.69 Å². The number of hydrogen-bond donors (Lipinski definition) is 2. The summed E-state index contributed by atoms with van der Waals surface area (Å²) in [5, 5.41) is 14.2. The number of carbonyl (C=O) groups excluding carboxylic acids is 2. The smallest absolute Gasteiger partial charge is 0.270 e. The van der Waals surface area contributed by atoms with Crippen LogP contribution in [0.1, 0.15) is 39.4 Å². The molecule has 2 amide bonds. The molecule has 0 aliphatic carbocycles. The Balaban J connectivity index is 1.71. The van der Waals surface area contributed by atoms with E-state index in [4.69, 9.17) is 5.73 Å². The van der Waals surface area contributed by atoms with Gasteiger partial charge < -0.3 is 11.1 Å². The summed E-state index contributed by atoms with van der Waals surface area (Å²) in [7, 11) is 0. The first-order valence-corrected chi connectivity index (χ1v) is 8.14. The SMILES string of the molecule is C[C@H](NC(=O)c1ccsc1)c1ccc(-n2cc(C(N)=O)nn2)cc1. The zero-order chi connectivity index (χ0) is 17.1. The van der Waals surface area contributed by atoms with Crippen molar-refractivity contribution in [3.63, 3.8) is 0 Å². The number of aromatic nitrogens is 3. The van der Waals surface area contributed by atoms with E-state index in [2.05, 4.69) is 15.6 Å². The monoisotopic (exact) mass is 341 g/mol. The fourth-order valence-corrected chi connectivity index (χ4v) is 2.81. The summed E-state index contributed by atoms with van der Waals surface area (Å²) in [5.41, 5.74) is 7.63. The molecule has 8 heteroatoms. The van der Waals surface area contributed by atoms with Crippen LogP contribution in [0.5, 0.6) is 0 Å². The van der Waals surface area contributed by atoms with Crippen LogP contribution in [0.15, 0.2) is 47.3 Å². The largest absolute Gasteiger partial charge is 0.364 e. The number of amides is 2. The maximum absolute atomic E-state index is 12.1. The molecule has 2 heterocycles. The van der Waals surface area contributed by atoms with Gasteiger partial charge in [-0.3, -0.25) is 9.59 Å². The number of nitrogens with two attached hydrogens (primary N) is 1. The number of nitrogens with zero attached hydrogens (tertiary/aromatic N) is 3. The van der Waals surface area contributed by atoms with Crippen molar-refractivity contribution in [2.75, 3.05) is 0 Å². The second-order valence-electron chi connectivity index (χ2n) is 5.21. The topological polar surface area (TPSA) is 103 Å². The van der Waals surface area contributed by atoms with Gasteiger partial charge in [0.2, 0.25) is 0 Å². The molecule has 122 valence electrons. The molecular formula is C16H15N5O2S. The van der Waals surface area contributed by atoms with Crippen molar-refractivity contribution in [3.05, 3.63) is 64.1 Å². The van der Waals surface area contributed by atoms with Crippen molar-refractivity contribution in [1.82, 2.24) is 20.3 Å². The third kappa shape index (κ3) is 3.33. The molecule has 3 rings (SSSR count). The average Bonchev–Trinajstić information content (AvgIpc) is 3.26. The van der Waals surface area contributed by atoms with Crippen LogP contribution in [-0.4, -0.2) is 26.8 Å². The van der Waals surface area contributed by atoms with E-state index >= 15 is 0 Å². The van der Waals surface area contributed by atoms with E-state index in [0.717, 1.165) is 11.3 Å². The van der Waals surface area contributed by atoms with Crippen LogP contribution < -0.4 is 11.1 Å². The van der Waals surface area contributed by atoms with E-state index < -0.39 is 5.91 Å². The lowest BCUT2D eigenvalue weighted by molar-refractivity contribution is 0.0939. The summed E-state index contributed by atoms with van der Waals surface area (Å²) in [6.07, 6.45) is 1.47. The van der Waals surface area contributed by atoms with Gasteiger partial charge in [-0.2, -0.15) is 11.3 Å². The van der Waals surface area contributed by atoms with Crippen molar-refractivity contribution in [1.29, 1.82) is 0 Å². The van der Waals surface area contributed by atoms with E-state index in [1.54, 1.807) is 6.07 Å². The molecular weight excluding hydrogens is 326 g/mol. The first-order chi connectivity index (χ1) is 11.5. The number of carbonyl (C=O) groups is 2. The minimum Gasteiger partial charge on any atom is -0.364 e. The standard InChI is InChI=1S/C16H15N5O2S/c1-10(18-16(23)12-6-7-24-9-12)11-2-4-13(5-3-11)21-8-14(15(17)22)19-20-21/h2-10H,1H3,(H2,17,22)(H,18,23)/t10-/m0/s1. The van der Waals surface area contributed by atoms with E-state index in [1.807, 2.05) is 41.9 Å². The molecule has 0 fully saturated rings. The van der Waals surface area contributed by atoms with Gasteiger partial charge in [-0.25, -0.2) is 4.68 Å². The lowest BCUT2D eigenvalue weighted by Crippen LogP contribution is -2.26. The van der Waals surface area contributed by atoms with Crippen LogP contribution in [0.25, 0.3) is 5.69 Å². The van der Waals surface area contributed by atoms with Crippen molar-refractivity contribution in [2.45, 2.75) is 13.0 Å². The molecule has 0 spiro atoms. The maximum atomic E-state index is 12.1. The van der Waals surface area contributed by atoms with Gasteiger partial charge in [-0.15, -0.1) is 5.10 Å². The Kier molecular flexibility index (Phi) is 4.39. The van der Waals surface area contributed by atoms with Crippen LogP contribution in [0, 0.1) is 0 Å². The van der Waals surface area contributed by atoms with Crippen molar-refractivity contribution >= 4 is 23.2 Å². The third-order valence-corrected chi connectivity index (χ3v) is 4.22. The molecule has 1 atom stereocenters. The highest BCUT2D eigenvalue weighted by atomic mass is 32.1. The molecule has 3 N–H and O–H groups in total. The number of rotatable bonds is 5. The Morgan fingerprint density at radius 2 is 2.00 bits per heavy atom. The Bertz CT molecular complexity index is 855. The van der Waals surface area contributed by atoms with Gasteiger partial charge in [-0.05, 0) is 36.1 Å². The van der Waals surface area contributed by atoms with Crippen LogP contribution in [0.4, 0.5) is 0 Å².